The second kappa shape index (κ2) is 15.8. The first-order valence-electron chi connectivity index (χ1n) is 17.8. The lowest BCUT2D eigenvalue weighted by Gasteiger charge is -2.37. The molecule has 2 atom stereocenters. The topological polar surface area (TPSA) is 105 Å². The van der Waals surface area contributed by atoms with Gasteiger partial charge in [0, 0.05) is 25.5 Å². The molecule has 10 heteroatoms. The molecule has 1 heterocycles. The van der Waals surface area contributed by atoms with Crippen molar-refractivity contribution in [3.05, 3.63) is 118 Å². The summed E-state index contributed by atoms with van der Waals surface area (Å²) in [6.45, 7) is 6.80. The van der Waals surface area contributed by atoms with Gasteiger partial charge in [-0.25, -0.2) is 9.18 Å². The predicted octanol–water partition coefficient (Wildman–Crippen LogP) is 9.18. The van der Waals surface area contributed by atoms with Crippen LogP contribution in [0.3, 0.4) is 0 Å². The van der Waals surface area contributed by atoms with Gasteiger partial charge in [0.2, 0.25) is 11.8 Å². The molecule has 0 spiro atoms. The summed E-state index contributed by atoms with van der Waals surface area (Å²) in [7, 11) is 0. The molecular formula is C42H44ClFN2O6. The van der Waals surface area contributed by atoms with E-state index in [4.69, 9.17) is 21.1 Å². The number of fused-ring (bicyclic) bond motifs is 1. The second-order valence-corrected chi connectivity index (χ2v) is 15.2. The van der Waals surface area contributed by atoms with E-state index in [1.54, 1.807) is 35.2 Å². The Morgan fingerprint density at radius 1 is 0.885 bits per heavy atom. The lowest BCUT2D eigenvalue weighted by Crippen LogP contribution is -2.51. The maximum Gasteiger partial charge on any atom is 0.326 e. The Morgan fingerprint density at radius 3 is 2.10 bits per heavy atom. The highest BCUT2D eigenvalue weighted by Crippen LogP contribution is 2.37. The molecule has 4 aromatic rings. The molecule has 2 N–H and O–H groups in total. The first kappa shape index (κ1) is 36.9. The number of halogens is 2. The predicted molar refractivity (Wildman–Crippen MR) is 198 cm³/mol. The molecule has 6 rings (SSSR count). The fraction of sp³-hybridized carbons (Fsp3) is 0.357. The normalized spacial score (nSPS) is 16.6. The quantitative estimate of drug-likeness (QED) is 0.160. The van der Waals surface area contributed by atoms with E-state index in [0.717, 1.165) is 31.2 Å². The fourth-order valence-corrected chi connectivity index (χ4v) is 7.18. The minimum atomic E-state index is -1.26. The molecule has 2 aliphatic rings. The molecule has 1 aliphatic heterocycles. The number of nitrogens with one attached hydrogen (secondary N) is 1. The zero-order chi connectivity index (χ0) is 37.0. The molecule has 0 radical (unpaired) electrons. The summed E-state index contributed by atoms with van der Waals surface area (Å²) in [6.07, 6.45) is 5.09. The molecule has 52 heavy (non-hydrogen) atoms. The van der Waals surface area contributed by atoms with Crippen LogP contribution < -0.4 is 14.8 Å². The number of benzene rings is 4. The van der Waals surface area contributed by atoms with Crippen LogP contribution in [0, 0.1) is 11.7 Å². The Balaban J connectivity index is 1.20. The van der Waals surface area contributed by atoms with Crippen molar-refractivity contribution in [3.8, 4) is 23.0 Å². The summed E-state index contributed by atoms with van der Waals surface area (Å²) in [4.78, 5) is 42.0. The van der Waals surface area contributed by atoms with Crippen LogP contribution in [0.25, 0.3) is 0 Å². The van der Waals surface area contributed by atoms with Crippen LogP contribution in [0.5, 0.6) is 23.0 Å². The molecule has 0 aromatic heterocycles. The SMILES string of the molecule is CC(C)(C)c1ccc(Oc2ccc3c(c2)CCN(C(=O)CC2CCCC2)C3C(=O)N[C@@H](Cc2ccc(Oc3ccc(F)c(Cl)c3)cc2)C(=O)O)cc1. The summed E-state index contributed by atoms with van der Waals surface area (Å²) in [5.41, 5.74) is 3.39. The minimum absolute atomic E-state index is 0.000108. The van der Waals surface area contributed by atoms with Gasteiger partial charge in [0.05, 0.1) is 5.02 Å². The third-order valence-corrected chi connectivity index (χ3v) is 10.2. The molecule has 8 nitrogen and oxygen atoms in total. The average Bonchev–Trinajstić information content (AvgIpc) is 3.62. The molecule has 1 unspecified atom stereocenters. The van der Waals surface area contributed by atoms with Crippen molar-refractivity contribution in [2.24, 2.45) is 5.92 Å². The second-order valence-electron chi connectivity index (χ2n) is 14.8. The Bertz CT molecular complexity index is 1920. The summed E-state index contributed by atoms with van der Waals surface area (Å²) in [6, 6.07) is 22.0. The van der Waals surface area contributed by atoms with Crippen LogP contribution in [-0.2, 0) is 32.6 Å². The summed E-state index contributed by atoms with van der Waals surface area (Å²) >= 11 is 5.86. The Kier molecular flexibility index (Phi) is 11.2. The van der Waals surface area contributed by atoms with E-state index in [2.05, 4.69) is 26.1 Å². The Labute approximate surface area is 308 Å². The zero-order valence-corrected chi connectivity index (χ0v) is 30.4. The molecule has 1 saturated carbocycles. The fourth-order valence-electron chi connectivity index (χ4n) is 7.01. The van der Waals surface area contributed by atoms with E-state index in [1.807, 2.05) is 36.4 Å². The van der Waals surface area contributed by atoms with Crippen molar-refractivity contribution in [2.75, 3.05) is 6.54 Å². The molecule has 1 fully saturated rings. The summed E-state index contributed by atoms with van der Waals surface area (Å²) in [5.74, 6) is -0.00520. The molecule has 272 valence electrons. The highest BCUT2D eigenvalue weighted by atomic mass is 35.5. The van der Waals surface area contributed by atoms with E-state index < -0.39 is 29.8 Å². The smallest absolute Gasteiger partial charge is 0.326 e. The van der Waals surface area contributed by atoms with Gasteiger partial charge in [-0.05, 0) is 101 Å². The highest BCUT2D eigenvalue weighted by molar-refractivity contribution is 6.30. The van der Waals surface area contributed by atoms with Crippen molar-refractivity contribution in [2.45, 2.75) is 83.2 Å². The number of ether oxygens (including phenoxy) is 2. The molecule has 1 aliphatic carbocycles. The van der Waals surface area contributed by atoms with Crippen LogP contribution in [0.1, 0.15) is 81.2 Å². The maximum atomic E-state index is 14.2. The van der Waals surface area contributed by atoms with Crippen molar-refractivity contribution >= 4 is 29.4 Å². The van der Waals surface area contributed by atoms with Gasteiger partial charge < -0.3 is 24.8 Å². The number of carbonyl (C=O) groups is 3. The first-order chi connectivity index (χ1) is 24.8. The van der Waals surface area contributed by atoms with Gasteiger partial charge in [0.25, 0.3) is 0 Å². The van der Waals surface area contributed by atoms with Crippen molar-refractivity contribution in [1.82, 2.24) is 10.2 Å². The average molecular weight is 727 g/mol. The van der Waals surface area contributed by atoms with Crippen LogP contribution >= 0.6 is 11.6 Å². The summed E-state index contributed by atoms with van der Waals surface area (Å²) in [5, 5.41) is 12.9. The van der Waals surface area contributed by atoms with Crippen LogP contribution in [-0.4, -0.2) is 40.4 Å². The highest BCUT2D eigenvalue weighted by Gasteiger charge is 2.38. The number of carboxylic acids is 1. The maximum absolute atomic E-state index is 14.2. The summed E-state index contributed by atoms with van der Waals surface area (Å²) < 4.78 is 25.5. The third kappa shape index (κ3) is 8.94. The number of carboxylic acid groups (broad SMARTS) is 1. The van der Waals surface area contributed by atoms with Crippen LogP contribution in [0.15, 0.2) is 84.9 Å². The third-order valence-electron chi connectivity index (χ3n) is 9.91. The molecule has 0 saturated heterocycles. The number of hydrogen-bond acceptors (Lipinski definition) is 5. The first-order valence-corrected chi connectivity index (χ1v) is 18.2. The van der Waals surface area contributed by atoms with E-state index in [9.17, 15) is 23.9 Å². The molecular weight excluding hydrogens is 683 g/mol. The van der Waals surface area contributed by atoms with Gasteiger partial charge in [0.15, 0.2) is 0 Å². The number of aliphatic carboxylic acids is 1. The van der Waals surface area contributed by atoms with Crippen LogP contribution in [0.2, 0.25) is 5.02 Å². The molecule has 0 bridgehead atoms. The number of carbonyl (C=O) groups excluding carboxylic acids is 2. The van der Waals surface area contributed by atoms with Crippen molar-refractivity contribution in [3.63, 3.8) is 0 Å². The number of nitrogens with zero attached hydrogens (tertiary/aromatic N) is 1. The van der Waals surface area contributed by atoms with E-state index >= 15 is 0 Å². The Hall–Kier alpha value is -4.89. The van der Waals surface area contributed by atoms with Gasteiger partial charge in [-0.1, -0.05) is 75.5 Å². The number of rotatable bonds is 11. The largest absolute Gasteiger partial charge is 0.480 e. The van der Waals surface area contributed by atoms with Gasteiger partial charge in [-0.15, -0.1) is 0 Å². The Morgan fingerprint density at radius 2 is 1.48 bits per heavy atom. The van der Waals surface area contributed by atoms with E-state index in [-0.39, 0.29) is 28.7 Å². The van der Waals surface area contributed by atoms with E-state index in [0.29, 0.717) is 53.5 Å². The minimum Gasteiger partial charge on any atom is -0.480 e. The number of hydrogen-bond donors (Lipinski definition) is 2. The lowest BCUT2D eigenvalue weighted by atomic mass is 9.87. The monoisotopic (exact) mass is 726 g/mol. The standard InChI is InChI=1S/C42H44ClFN2O6/c1-42(2,3)29-10-14-31(15-11-29)51-32-16-18-34-28(24-32)20-21-46(38(47)23-26-6-4-5-7-26)39(34)40(48)45-37(41(49)50)22-27-8-12-30(13-9-27)52-33-17-19-36(44)35(43)25-33/h8-19,24-26,37,39H,4-7,20-23H2,1-3H3,(H,45,48)(H,49,50)/t37-,39?/m0/s1. The van der Waals surface area contributed by atoms with Crippen molar-refractivity contribution < 1.29 is 33.4 Å². The zero-order valence-electron chi connectivity index (χ0n) is 29.7. The van der Waals surface area contributed by atoms with Gasteiger partial charge >= 0.3 is 5.97 Å². The van der Waals surface area contributed by atoms with Gasteiger partial charge in [-0.2, -0.15) is 0 Å². The van der Waals surface area contributed by atoms with Crippen molar-refractivity contribution in [1.29, 1.82) is 0 Å². The van der Waals surface area contributed by atoms with Crippen LogP contribution in [0.4, 0.5) is 4.39 Å². The van der Waals surface area contributed by atoms with E-state index in [1.165, 1.54) is 23.8 Å². The molecule has 2 amide bonds. The lowest BCUT2D eigenvalue weighted by molar-refractivity contribution is -0.145. The van der Waals surface area contributed by atoms with Gasteiger partial charge in [-0.3, -0.25) is 9.59 Å². The van der Waals surface area contributed by atoms with Gasteiger partial charge in [0.1, 0.15) is 40.9 Å². The molecule has 4 aromatic carbocycles. The number of amides is 2.